The maximum atomic E-state index is 13.5. The van der Waals surface area contributed by atoms with Crippen LogP contribution in [0.5, 0.6) is 23.0 Å². The molecule has 1 saturated heterocycles. The van der Waals surface area contributed by atoms with Gasteiger partial charge in [0.15, 0.2) is 11.5 Å². The molecule has 4 amide bonds. The Bertz CT molecular complexity index is 1470. The van der Waals surface area contributed by atoms with Crippen molar-refractivity contribution in [3.8, 4) is 23.0 Å². The highest BCUT2D eigenvalue weighted by molar-refractivity contribution is 6.39. The second-order valence-electron chi connectivity index (χ2n) is 8.14. The first-order valence-electron chi connectivity index (χ1n) is 11.7. The minimum absolute atomic E-state index is 0.0537. The molecular weight excluding hydrogens is 547 g/mol. The molecule has 3 aromatic carbocycles. The minimum atomic E-state index is -0.942. The Balaban J connectivity index is 1.67. The maximum Gasteiger partial charge on any atom is 0.336 e. The van der Waals surface area contributed by atoms with Crippen LogP contribution in [0.3, 0.4) is 0 Å². The number of benzene rings is 3. The molecule has 0 atom stereocenters. The van der Waals surface area contributed by atoms with Gasteiger partial charge in [0.25, 0.3) is 11.8 Å². The number of carbonyl (C=O) groups is 3. The molecular formula is C28H24Cl2N2O7. The summed E-state index contributed by atoms with van der Waals surface area (Å²) in [7, 11) is 2.75. The molecule has 9 nitrogen and oxygen atoms in total. The van der Waals surface area contributed by atoms with Crippen molar-refractivity contribution in [3.05, 3.63) is 81.3 Å². The average molecular weight is 571 g/mol. The number of halogens is 2. The predicted molar refractivity (Wildman–Crippen MR) is 147 cm³/mol. The third kappa shape index (κ3) is 5.94. The van der Waals surface area contributed by atoms with Gasteiger partial charge in [0.2, 0.25) is 0 Å². The van der Waals surface area contributed by atoms with Gasteiger partial charge in [0, 0.05) is 22.7 Å². The lowest BCUT2D eigenvalue weighted by atomic mass is 10.1. The summed E-state index contributed by atoms with van der Waals surface area (Å²) in [6, 6.07) is 14.1. The van der Waals surface area contributed by atoms with Gasteiger partial charge in [0.05, 0.1) is 31.5 Å². The molecule has 0 unspecified atom stereocenters. The molecule has 0 spiro atoms. The monoisotopic (exact) mass is 570 g/mol. The number of nitrogens with zero attached hydrogens (tertiary/aromatic N) is 1. The smallest absolute Gasteiger partial charge is 0.336 e. The van der Waals surface area contributed by atoms with Crippen LogP contribution >= 0.6 is 23.2 Å². The highest BCUT2D eigenvalue weighted by Crippen LogP contribution is 2.39. The van der Waals surface area contributed by atoms with Gasteiger partial charge in [-0.2, -0.15) is 0 Å². The molecule has 39 heavy (non-hydrogen) atoms. The molecule has 1 heterocycles. The number of hydrogen-bond donors (Lipinski definition) is 1. The molecule has 0 aliphatic carbocycles. The highest BCUT2D eigenvalue weighted by Gasteiger charge is 2.38. The Morgan fingerprint density at radius 3 is 2.28 bits per heavy atom. The van der Waals surface area contributed by atoms with Gasteiger partial charge >= 0.3 is 6.03 Å². The Kier molecular flexibility index (Phi) is 8.63. The lowest BCUT2D eigenvalue weighted by molar-refractivity contribution is -0.122. The van der Waals surface area contributed by atoms with Crippen molar-refractivity contribution >= 4 is 52.8 Å². The van der Waals surface area contributed by atoms with E-state index in [2.05, 4.69) is 5.32 Å². The van der Waals surface area contributed by atoms with E-state index in [0.717, 1.165) is 10.5 Å². The SMILES string of the molecule is CCOc1cc(/C=C2\C(=O)NC(=O)N(c3cc(OC)c(Cl)cc3OC)C2=O)ccc1OCc1ccccc1Cl. The Morgan fingerprint density at radius 2 is 1.59 bits per heavy atom. The number of rotatable bonds is 9. The number of hydrogen-bond acceptors (Lipinski definition) is 7. The zero-order valence-corrected chi connectivity index (χ0v) is 22.8. The van der Waals surface area contributed by atoms with E-state index in [0.29, 0.717) is 28.7 Å². The largest absolute Gasteiger partial charge is 0.495 e. The van der Waals surface area contributed by atoms with E-state index in [1.54, 1.807) is 24.3 Å². The second-order valence-corrected chi connectivity index (χ2v) is 8.95. The van der Waals surface area contributed by atoms with E-state index in [-0.39, 0.29) is 34.4 Å². The first-order chi connectivity index (χ1) is 18.8. The molecule has 4 rings (SSSR count). The molecule has 202 valence electrons. The van der Waals surface area contributed by atoms with E-state index < -0.39 is 17.8 Å². The van der Waals surface area contributed by atoms with Crippen molar-refractivity contribution in [2.24, 2.45) is 0 Å². The van der Waals surface area contributed by atoms with E-state index in [9.17, 15) is 14.4 Å². The number of nitrogens with one attached hydrogen (secondary N) is 1. The lowest BCUT2D eigenvalue weighted by Crippen LogP contribution is -2.54. The second kappa shape index (κ2) is 12.1. The van der Waals surface area contributed by atoms with Crippen molar-refractivity contribution in [2.45, 2.75) is 13.5 Å². The van der Waals surface area contributed by atoms with Crippen LogP contribution in [-0.2, 0) is 16.2 Å². The summed E-state index contributed by atoms with van der Waals surface area (Å²) >= 11 is 12.4. The number of barbiturate groups is 1. The summed E-state index contributed by atoms with van der Waals surface area (Å²) in [5, 5.41) is 2.98. The number of amides is 4. The fourth-order valence-electron chi connectivity index (χ4n) is 3.83. The Labute approximate surface area is 234 Å². The predicted octanol–water partition coefficient (Wildman–Crippen LogP) is 5.65. The molecule has 1 N–H and O–H groups in total. The Morgan fingerprint density at radius 1 is 0.846 bits per heavy atom. The van der Waals surface area contributed by atoms with E-state index >= 15 is 0 Å². The lowest BCUT2D eigenvalue weighted by Gasteiger charge is -2.28. The van der Waals surface area contributed by atoms with Crippen molar-refractivity contribution in [3.63, 3.8) is 0 Å². The van der Waals surface area contributed by atoms with Gasteiger partial charge < -0.3 is 18.9 Å². The Hall–Kier alpha value is -4.21. The quantitative estimate of drug-likeness (QED) is 0.261. The van der Waals surface area contributed by atoms with Crippen LogP contribution in [-0.4, -0.2) is 38.7 Å². The molecule has 0 bridgehead atoms. The zero-order valence-electron chi connectivity index (χ0n) is 21.2. The van der Waals surface area contributed by atoms with Crippen LogP contribution in [0, 0.1) is 0 Å². The molecule has 0 radical (unpaired) electrons. The third-order valence-electron chi connectivity index (χ3n) is 5.72. The van der Waals surface area contributed by atoms with Gasteiger partial charge in [-0.1, -0.05) is 47.5 Å². The summed E-state index contributed by atoms with van der Waals surface area (Å²) in [5.74, 6) is -0.504. The van der Waals surface area contributed by atoms with Crippen molar-refractivity contribution in [1.29, 1.82) is 0 Å². The summed E-state index contributed by atoms with van der Waals surface area (Å²) < 4.78 is 22.2. The van der Waals surface area contributed by atoms with Crippen LogP contribution in [0.1, 0.15) is 18.1 Å². The standard InChI is InChI=1S/C28H24Cl2N2O7/c1-4-38-25-12-16(9-10-22(25)39-15-17-7-5-6-8-19(17)29)11-18-26(33)31-28(35)32(27(18)34)21-14-23(36-2)20(30)13-24(21)37-3/h5-14H,4,15H2,1-3H3,(H,31,33,35)/b18-11+. The minimum Gasteiger partial charge on any atom is -0.495 e. The highest BCUT2D eigenvalue weighted by atomic mass is 35.5. The van der Waals surface area contributed by atoms with Gasteiger partial charge in [-0.3, -0.25) is 14.9 Å². The van der Waals surface area contributed by atoms with Crippen molar-refractivity contribution in [1.82, 2.24) is 5.32 Å². The fourth-order valence-corrected chi connectivity index (χ4v) is 4.26. The maximum absolute atomic E-state index is 13.5. The molecule has 1 aliphatic rings. The molecule has 11 heteroatoms. The number of imide groups is 2. The van der Waals surface area contributed by atoms with E-state index in [1.807, 2.05) is 25.1 Å². The van der Waals surface area contributed by atoms with Crippen LogP contribution in [0.15, 0.2) is 60.2 Å². The number of methoxy groups -OCH3 is 2. The normalized spacial score (nSPS) is 14.3. The number of anilines is 1. The van der Waals surface area contributed by atoms with Gasteiger partial charge in [-0.25, -0.2) is 9.69 Å². The van der Waals surface area contributed by atoms with Crippen molar-refractivity contribution in [2.75, 3.05) is 25.7 Å². The van der Waals surface area contributed by atoms with Crippen LogP contribution in [0.25, 0.3) is 6.08 Å². The molecule has 1 fully saturated rings. The van der Waals surface area contributed by atoms with Gasteiger partial charge in [0.1, 0.15) is 23.7 Å². The first kappa shape index (κ1) is 27.8. The first-order valence-corrected chi connectivity index (χ1v) is 12.5. The van der Waals surface area contributed by atoms with Crippen LogP contribution in [0.2, 0.25) is 10.0 Å². The third-order valence-corrected chi connectivity index (χ3v) is 6.38. The summed E-state index contributed by atoms with van der Waals surface area (Å²) in [4.78, 5) is 39.7. The van der Waals surface area contributed by atoms with Crippen LogP contribution < -0.4 is 29.2 Å². The zero-order chi connectivity index (χ0) is 28.1. The summed E-state index contributed by atoms with van der Waals surface area (Å²) in [5.41, 5.74) is 1.05. The summed E-state index contributed by atoms with van der Waals surface area (Å²) in [6.45, 7) is 2.38. The number of carbonyl (C=O) groups excluding carboxylic acids is 3. The topological polar surface area (TPSA) is 103 Å². The fraction of sp³-hybridized carbons (Fsp3) is 0.179. The van der Waals surface area contributed by atoms with Gasteiger partial charge in [-0.05, 0) is 36.8 Å². The van der Waals surface area contributed by atoms with Crippen molar-refractivity contribution < 1.29 is 33.3 Å². The van der Waals surface area contributed by atoms with E-state index in [1.165, 1.54) is 32.4 Å². The van der Waals surface area contributed by atoms with Crippen LogP contribution in [0.4, 0.5) is 10.5 Å². The molecule has 0 saturated carbocycles. The molecule has 0 aromatic heterocycles. The molecule has 1 aliphatic heterocycles. The molecule has 3 aromatic rings. The number of urea groups is 1. The van der Waals surface area contributed by atoms with E-state index in [4.69, 9.17) is 42.1 Å². The summed E-state index contributed by atoms with van der Waals surface area (Å²) in [6.07, 6.45) is 1.36. The van der Waals surface area contributed by atoms with Gasteiger partial charge in [-0.15, -0.1) is 0 Å². The average Bonchev–Trinajstić information content (AvgIpc) is 2.92. The number of ether oxygens (including phenoxy) is 4.